The van der Waals surface area contributed by atoms with E-state index in [9.17, 15) is 9.50 Å². The molecule has 46 heavy (non-hydrogen) atoms. The third kappa shape index (κ3) is 6.55. The Labute approximate surface area is 282 Å². The minimum Gasteiger partial charge on any atom is -0.387 e. The van der Waals surface area contributed by atoms with Crippen LogP contribution in [-0.2, 0) is 29.8 Å². The zero-order valence-corrected chi connectivity index (χ0v) is 27.8. The number of benzene rings is 3. The summed E-state index contributed by atoms with van der Waals surface area (Å²) in [7, 11) is 0. The number of epoxide rings is 1. The van der Waals surface area contributed by atoms with E-state index in [4.69, 9.17) is 40.2 Å². The molecule has 2 N–H and O–H groups in total. The lowest BCUT2D eigenvalue weighted by atomic mass is 9.72. The number of hydrogen-bond acceptors (Lipinski definition) is 6. The first-order valence-corrected chi connectivity index (χ1v) is 16.2. The molecule has 3 heterocycles. The van der Waals surface area contributed by atoms with E-state index in [1.54, 1.807) is 34.2 Å². The molecule has 2 fully saturated rings. The number of aliphatic hydroxyl groups is 1. The normalized spacial score (nSPS) is 24.7. The molecule has 2 aromatic heterocycles. The van der Waals surface area contributed by atoms with Crippen LogP contribution in [0.1, 0.15) is 49.5 Å². The summed E-state index contributed by atoms with van der Waals surface area (Å²) in [6, 6.07) is 21.8. The van der Waals surface area contributed by atoms with Crippen molar-refractivity contribution in [1.29, 1.82) is 0 Å². The highest BCUT2D eigenvalue weighted by molar-refractivity contribution is 7.71. The fourth-order valence-electron chi connectivity index (χ4n) is 6.59. The van der Waals surface area contributed by atoms with Gasteiger partial charge in [0.2, 0.25) is 4.77 Å². The molecule has 4 unspecified atom stereocenters. The summed E-state index contributed by atoms with van der Waals surface area (Å²) in [5.74, 6) is -0.108. The molecule has 12 heteroatoms. The van der Waals surface area contributed by atoms with Gasteiger partial charge in [0.15, 0.2) is 0 Å². The lowest BCUT2D eigenvalue weighted by Crippen LogP contribution is -2.49. The first-order valence-electron chi connectivity index (χ1n) is 15.1. The Morgan fingerprint density at radius 1 is 1.04 bits per heavy atom. The van der Waals surface area contributed by atoms with Gasteiger partial charge in [-0.25, -0.2) is 19.0 Å². The van der Waals surface area contributed by atoms with Crippen LogP contribution >= 0.6 is 35.4 Å². The van der Waals surface area contributed by atoms with E-state index >= 15 is 0 Å². The van der Waals surface area contributed by atoms with Gasteiger partial charge in [0.25, 0.3) is 0 Å². The molecular formula is C34H35Cl2FN6O2S. The Bertz CT molecular complexity index is 1830. The number of nitrogens with one attached hydrogen (secondary N) is 1. The van der Waals surface area contributed by atoms with Crippen LogP contribution in [0.25, 0.3) is 0 Å². The van der Waals surface area contributed by atoms with Crippen molar-refractivity contribution in [1.82, 2.24) is 29.5 Å². The molecule has 7 rings (SSSR count). The topological polar surface area (TPSA) is 97.1 Å². The SMILES string of the molecule is CC1(C)CCC(Cc2ccc(Cl)cc2)C1(O)Cn1[nH]cnc1=S.Fc1ccc(C2(Cn3cncn3)OC2c2ccccc2Cl)cc1. The second kappa shape index (κ2) is 13.0. The van der Waals surface area contributed by atoms with E-state index in [1.807, 2.05) is 48.5 Å². The Morgan fingerprint density at radius 2 is 1.78 bits per heavy atom. The molecule has 4 atom stereocenters. The molecule has 0 radical (unpaired) electrons. The third-order valence-corrected chi connectivity index (χ3v) is 10.4. The molecule has 1 aliphatic heterocycles. The molecule has 5 aromatic rings. The van der Waals surface area contributed by atoms with Gasteiger partial charge in [0, 0.05) is 15.6 Å². The van der Waals surface area contributed by atoms with Crippen LogP contribution in [0.5, 0.6) is 0 Å². The van der Waals surface area contributed by atoms with E-state index in [2.05, 4.69) is 34.0 Å². The molecule has 2 aliphatic rings. The zero-order chi connectivity index (χ0) is 32.5. The highest BCUT2D eigenvalue weighted by Crippen LogP contribution is 2.59. The largest absolute Gasteiger partial charge is 0.387 e. The van der Waals surface area contributed by atoms with Gasteiger partial charge in [0.1, 0.15) is 36.5 Å². The molecule has 0 spiro atoms. The van der Waals surface area contributed by atoms with Crippen LogP contribution in [0.4, 0.5) is 4.39 Å². The molecule has 8 nitrogen and oxygen atoms in total. The summed E-state index contributed by atoms with van der Waals surface area (Å²) in [6.07, 6.45) is 7.30. The van der Waals surface area contributed by atoms with Crippen molar-refractivity contribution < 1.29 is 14.2 Å². The second-order valence-electron chi connectivity index (χ2n) is 12.6. The number of rotatable bonds is 8. The Balaban J connectivity index is 0.000000162. The van der Waals surface area contributed by atoms with Crippen molar-refractivity contribution in [3.63, 3.8) is 0 Å². The number of aromatic nitrogens is 6. The maximum Gasteiger partial charge on any atom is 0.215 e. The van der Waals surface area contributed by atoms with Crippen molar-refractivity contribution >= 4 is 35.4 Å². The van der Waals surface area contributed by atoms with Crippen LogP contribution in [0, 0.1) is 21.9 Å². The summed E-state index contributed by atoms with van der Waals surface area (Å²) in [6.45, 7) is 5.19. The molecule has 0 bridgehead atoms. The number of halogens is 3. The Kier molecular flexibility index (Phi) is 9.20. The van der Waals surface area contributed by atoms with Gasteiger partial charge >= 0.3 is 0 Å². The van der Waals surface area contributed by atoms with Crippen molar-refractivity contribution in [2.75, 3.05) is 0 Å². The van der Waals surface area contributed by atoms with Gasteiger partial charge in [-0.05, 0) is 84.3 Å². The van der Waals surface area contributed by atoms with Crippen LogP contribution in [0.2, 0.25) is 10.0 Å². The summed E-state index contributed by atoms with van der Waals surface area (Å²) in [5, 5.41) is 20.1. The van der Waals surface area contributed by atoms with Gasteiger partial charge in [0.05, 0.1) is 18.7 Å². The van der Waals surface area contributed by atoms with Crippen molar-refractivity contribution in [2.45, 2.75) is 63.5 Å². The van der Waals surface area contributed by atoms with Crippen molar-refractivity contribution in [3.8, 4) is 0 Å². The first-order chi connectivity index (χ1) is 22.0. The second-order valence-corrected chi connectivity index (χ2v) is 13.8. The van der Waals surface area contributed by atoms with Gasteiger partial charge < -0.3 is 9.84 Å². The zero-order valence-electron chi connectivity index (χ0n) is 25.5. The van der Waals surface area contributed by atoms with Crippen LogP contribution in [0.3, 0.4) is 0 Å². The minimum atomic E-state index is -0.836. The summed E-state index contributed by atoms with van der Waals surface area (Å²) >= 11 is 17.5. The predicted molar refractivity (Wildman–Crippen MR) is 177 cm³/mol. The Morgan fingerprint density at radius 3 is 2.43 bits per heavy atom. The average molecular weight is 682 g/mol. The summed E-state index contributed by atoms with van der Waals surface area (Å²) in [4.78, 5) is 8.02. The van der Waals surface area contributed by atoms with Gasteiger partial charge in [-0.2, -0.15) is 5.10 Å². The fraction of sp³-hybridized carbons (Fsp3) is 0.353. The highest BCUT2D eigenvalue weighted by Gasteiger charge is 2.59. The number of hydrogen-bond donors (Lipinski definition) is 2. The van der Waals surface area contributed by atoms with Crippen LogP contribution in [-0.4, -0.2) is 40.2 Å². The predicted octanol–water partition coefficient (Wildman–Crippen LogP) is 7.74. The highest BCUT2D eigenvalue weighted by atomic mass is 35.5. The number of nitrogens with zero attached hydrogens (tertiary/aromatic N) is 5. The number of ether oxygens (including phenoxy) is 1. The molecule has 1 saturated carbocycles. The van der Waals surface area contributed by atoms with Crippen LogP contribution in [0.15, 0.2) is 91.8 Å². The lowest BCUT2D eigenvalue weighted by molar-refractivity contribution is -0.0909. The number of aromatic amines is 1. The number of H-pyrrole nitrogens is 1. The third-order valence-electron chi connectivity index (χ3n) is 9.46. The van der Waals surface area contributed by atoms with E-state index < -0.39 is 11.2 Å². The Hall–Kier alpha value is -3.41. The van der Waals surface area contributed by atoms with Crippen molar-refractivity contribution in [2.24, 2.45) is 11.3 Å². The lowest BCUT2D eigenvalue weighted by Gasteiger charge is -2.41. The van der Waals surface area contributed by atoms with Gasteiger partial charge in [-0.3, -0.25) is 9.78 Å². The monoisotopic (exact) mass is 680 g/mol. The quantitative estimate of drug-likeness (QED) is 0.129. The van der Waals surface area contributed by atoms with E-state index in [0.29, 0.717) is 22.9 Å². The van der Waals surface area contributed by atoms with E-state index in [0.717, 1.165) is 35.4 Å². The van der Waals surface area contributed by atoms with E-state index in [1.165, 1.54) is 24.0 Å². The molecular weight excluding hydrogens is 646 g/mol. The fourth-order valence-corrected chi connectivity index (χ4v) is 7.12. The molecule has 1 saturated heterocycles. The molecule has 3 aromatic carbocycles. The average Bonchev–Trinajstić information content (AvgIpc) is 3.26. The standard InChI is InChI=1S/C17H13ClFN3O.C17H22ClN3OS/c18-15-4-2-1-3-14(15)16-17(23-16,9-22-11-20-10-21-22)12-5-7-13(19)8-6-12;1-16(2)8-7-13(9-12-3-5-14(18)6-4-12)17(16,22)10-21-15(23)19-11-20-21/h1-8,10-11,16H,9H2;3-6,11,13,22H,7-10H2,1-2H3,(H,19,20,23). The molecule has 240 valence electrons. The van der Waals surface area contributed by atoms with Gasteiger partial charge in [-0.15, -0.1) is 0 Å². The summed E-state index contributed by atoms with van der Waals surface area (Å²) in [5.41, 5.74) is 1.37. The van der Waals surface area contributed by atoms with Crippen molar-refractivity contribution in [3.05, 3.63) is 129 Å². The van der Waals surface area contributed by atoms with E-state index in [-0.39, 0.29) is 23.3 Å². The maximum atomic E-state index is 13.3. The summed E-state index contributed by atoms with van der Waals surface area (Å²) < 4.78 is 23.3. The smallest absolute Gasteiger partial charge is 0.215 e. The molecule has 0 amide bonds. The molecule has 1 aliphatic carbocycles. The van der Waals surface area contributed by atoms with Crippen LogP contribution < -0.4 is 0 Å². The maximum absolute atomic E-state index is 13.3. The van der Waals surface area contributed by atoms with Gasteiger partial charge in [-0.1, -0.05) is 79.5 Å². The minimum absolute atomic E-state index is 0.170. The first kappa shape index (κ1) is 32.5.